The van der Waals surface area contributed by atoms with E-state index in [0.717, 1.165) is 0 Å². The normalized spacial score (nSPS) is 21.6. The van der Waals surface area contributed by atoms with E-state index in [9.17, 15) is 13.6 Å². The Kier molecular flexibility index (Phi) is 3.84. The molecule has 5 nitrogen and oxygen atoms in total. The summed E-state index contributed by atoms with van der Waals surface area (Å²) in [7, 11) is 2.66. The Bertz CT molecular complexity index is 472. The second-order valence-electron chi connectivity index (χ2n) is 4.55. The SMILES string of the molecule is COCc1nc(C2CCC(F)(F)C2)oc1C(=O)OC. The zero-order chi connectivity index (χ0) is 14.0. The molecule has 1 aromatic rings. The molecule has 0 aliphatic heterocycles. The number of carbonyl (C=O) groups excluding carboxylic acids is 1. The molecule has 1 unspecified atom stereocenters. The summed E-state index contributed by atoms with van der Waals surface area (Å²) >= 11 is 0. The van der Waals surface area contributed by atoms with Crippen LogP contribution >= 0.6 is 0 Å². The van der Waals surface area contributed by atoms with Gasteiger partial charge in [-0.25, -0.2) is 18.6 Å². The molecule has 0 N–H and O–H groups in total. The van der Waals surface area contributed by atoms with Crippen molar-refractivity contribution < 1.29 is 27.5 Å². The van der Waals surface area contributed by atoms with Crippen molar-refractivity contribution in [3.05, 3.63) is 17.3 Å². The smallest absolute Gasteiger partial charge is 0.376 e. The minimum Gasteiger partial charge on any atom is -0.463 e. The van der Waals surface area contributed by atoms with Crippen LogP contribution in [0.4, 0.5) is 8.78 Å². The van der Waals surface area contributed by atoms with Gasteiger partial charge in [-0.2, -0.15) is 0 Å². The summed E-state index contributed by atoms with van der Waals surface area (Å²) < 4.78 is 41.1. The zero-order valence-corrected chi connectivity index (χ0v) is 10.7. The molecule has 106 valence electrons. The molecule has 7 heteroatoms. The highest BCUT2D eigenvalue weighted by Gasteiger charge is 2.42. The van der Waals surface area contributed by atoms with Crippen molar-refractivity contribution >= 4 is 5.97 Å². The first-order chi connectivity index (χ1) is 8.96. The number of halogens is 2. The first-order valence-electron chi connectivity index (χ1n) is 5.91. The van der Waals surface area contributed by atoms with Gasteiger partial charge >= 0.3 is 5.97 Å². The van der Waals surface area contributed by atoms with Gasteiger partial charge in [0.15, 0.2) is 5.89 Å². The van der Waals surface area contributed by atoms with E-state index in [-0.39, 0.29) is 36.8 Å². The highest BCUT2D eigenvalue weighted by atomic mass is 19.3. The molecule has 1 saturated carbocycles. The standard InChI is InChI=1S/C12H15F2NO4/c1-17-6-8-9(11(16)18-2)19-10(15-8)7-3-4-12(13,14)5-7/h7H,3-6H2,1-2H3. The lowest BCUT2D eigenvalue weighted by Gasteiger charge is -2.06. The van der Waals surface area contributed by atoms with Crippen molar-refractivity contribution in [1.29, 1.82) is 0 Å². The van der Waals surface area contributed by atoms with Crippen LogP contribution in [0, 0.1) is 0 Å². The Labute approximate surface area is 108 Å². The number of esters is 1. The van der Waals surface area contributed by atoms with Gasteiger partial charge < -0.3 is 13.9 Å². The van der Waals surface area contributed by atoms with Gasteiger partial charge in [0.1, 0.15) is 5.69 Å². The lowest BCUT2D eigenvalue weighted by Crippen LogP contribution is -2.09. The first-order valence-corrected chi connectivity index (χ1v) is 5.91. The summed E-state index contributed by atoms with van der Waals surface area (Å²) in [5.74, 6) is -3.76. The van der Waals surface area contributed by atoms with Gasteiger partial charge in [-0.05, 0) is 6.42 Å². The summed E-state index contributed by atoms with van der Waals surface area (Å²) in [5, 5.41) is 0. The molecule has 1 aromatic heterocycles. The predicted octanol–water partition coefficient (Wildman–Crippen LogP) is 2.51. The molecule has 19 heavy (non-hydrogen) atoms. The Morgan fingerprint density at radius 1 is 1.53 bits per heavy atom. The number of aromatic nitrogens is 1. The van der Waals surface area contributed by atoms with E-state index in [2.05, 4.69) is 9.72 Å². The van der Waals surface area contributed by atoms with Gasteiger partial charge in [0.2, 0.25) is 11.7 Å². The van der Waals surface area contributed by atoms with Crippen LogP contribution in [0.15, 0.2) is 4.42 Å². The molecule has 0 bridgehead atoms. The molecular weight excluding hydrogens is 260 g/mol. The third kappa shape index (κ3) is 2.91. The van der Waals surface area contributed by atoms with Crippen LogP contribution in [0.25, 0.3) is 0 Å². The fraction of sp³-hybridized carbons (Fsp3) is 0.667. The number of nitrogens with zero attached hydrogens (tertiary/aromatic N) is 1. The number of rotatable bonds is 4. The van der Waals surface area contributed by atoms with Crippen molar-refractivity contribution in [2.24, 2.45) is 0 Å². The maximum absolute atomic E-state index is 13.2. The van der Waals surface area contributed by atoms with Crippen LogP contribution in [0.3, 0.4) is 0 Å². The molecule has 1 heterocycles. The summed E-state index contributed by atoms with van der Waals surface area (Å²) in [4.78, 5) is 15.6. The molecule has 1 aliphatic carbocycles. The number of carbonyl (C=O) groups is 1. The zero-order valence-electron chi connectivity index (χ0n) is 10.7. The highest BCUT2D eigenvalue weighted by molar-refractivity contribution is 5.87. The Morgan fingerprint density at radius 3 is 2.79 bits per heavy atom. The summed E-state index contributed by atoms with van der Waals surface area (Å²) in [6.45, 7) is 0.0665. The van der Waals surface area contributed by atoms with Crippen molar-refractivity contribution in [3.63, 3.8) is 0 Å². The van der Waals surface area contributed by atoms with Crippen LogP contribution < -0.4 is 0 Å². The van der Waals surface area contributed by atoms with E-state index in [1.807, 2.05) is 0 Å². The number of alkyl halides is 2. The quantitative estimate of drug-likeness (QED) is 0.790. The molecule has 0 amide bonds. The lowest BCUT2D eigenvalue weighted by atomic mass is 10.1. The monoisotopic (exact) mass is 275 g/mol. The molecule has 0 saturated heterocycles. The molecule has 1 atom stereocenters. The maximum Gasteiger partial charge on any atom is 0.376 e. The lowest BCUT2D eigenvalue weighted by molar-refractivity contribution is 0.00702. The Balaban J connectivity index is 2.25. The molecular formula is C12H15F2NO4. The summed E-state index contributed by atoms with van der Waals surface area (Å²) in [6.07, 6.45) is -0.200. The van der Waals surface area contributed by atoms with Crippen LogP contribution in [-0.2, 0) is 16.1 Å². The van der Waals surface area contributed by atoms with Gasteiger partial charge in [-0.3, -0.25) is 0 Å². The topological polar surface area (TPSA) is 61.6 Å². The molecule has 2 rings (SSSR count). The molecule has 0 aromatic carbocycles. The molecule has 0 radical (unpaired) electrons. The van der Waals surface area contributed by atoms with E-state index >= 15 is 0 Å². The summed E-state index contributed by atoms with van der Waals surface area (Å²) in [5.41, 5.74) is 0.277. The van der Waals surface area contributed by atoms with Gasteiger partial charge in [-0.1, -0.05) is 0 Å². The maximum atomic E-state index is 13.2. The van der Waals surface area contributed by atoms with Crippen molar-refractivity contribution in [2.75, 3.05) is 14.2 Å². The number of ether oxygens (including phenoxy) is 2. The third-order valence-corrected chi connectivity index (χ3v) is 3.12. The van der Waals surface area contributed by atoms with Crippen molar-refractivity contribution in [2.45, 2.75) is 37.7 Å². The highest BCUT2D eigenvalue weighted by Crippen LogP contribution is 2.44. The Hall–Kier alpha value is -1.50. The fourth-order valence-corrected chi connectivity index (χ4v) is 2.19. The van der Waals surface area contributed by atoms with Crippen LogP contribution in [-0.4, -0.2) is 31.1 Å². The van der Waals surface area contributed by atoms with Crippen molar-refractivity contribution in [3.8, 4) is 0 Å². The average Bonchev–Trinajstić information content (AvgIpc) is 2.92. The summed E-state index contributed by atoms with van der Waals surface area (Å²) in [6, 6.07) is 0. The van der Waals surface area contributed by atoms with Gasteiger partial charge in [-0.15, -0.1) is 0 Å². The first kappa shape index (κ1) is 13.9. The average molecular weight is 275 g/mol. The van der Waals surface area contributed by atoms with Crippen LogP contribution in [0.5, 0.6) is 0 Å². The number of hydrogen-bond acceptors (Lipinski definition) is 5. The van der Waals surface area contributed by atoms with E-state index in [4.69, 9.17) is 9.15 Å². The van der Waals surface area contributed by atoms with Gasteiger partial charge in [0, 0.05) is 25.9 Å². The second kappa shape index (κ2) is 5.24. The molecule has 0 spiro atoms. The molecule has 1 aliphatic rings. The van der Waals surface area contributed by atoms with Crippen LogP contribution in [0.2, 0.25) is 0 Å². The minimum absolute atomic E-state index is 0.0665. The van der Waals surface area contributed by atoms with E-state index in [0.29, 0.717) is 6.42 Å². The van der Waals surface area contributed by atoms with Gasteiger partial charge in [0.25, 0.3) is 0 Å². The number of oxazole rings is 1. The van der Waals surface area contributed by atoms with Crippen molar-refractivity contribution in [1.82, 2.24) is 4.98 Å². The number of hydrogen-bond donors (Lipinski definition) is 0. The van der Waals surface area contributed by atoms with Crippen LogP contribution in [0.1, 0.15) is 47.3 Å². The fourth-order valence-electron chi connectivity index (χ4n) is 2.19. The van der Waals surface area contributed by atoms with Gasteiger partial charge in [0.05, 0.1) is 13.7 Å². The Morgan fingerprint density at radius 2 is 2.26 bits per heavy atom. The third-order valence-electron chi connectivity index (χ3n) is 3.12. The molecule has 1 fully saturated rings. The second-order valence-corrected chi connectivity index (χ2v) is 4.55. The van der Waals surface area contributed by atoms with E-state index in [1.165, 1.54) is 14.2 Å². The largest absolute Gasteiger partial charge is 0.463 e. The minimum atomic E-state index is -2.69. The number of methoxy groups -OCH3 is 2. The van der Waals surface area contributed by atoms with E-state index in [1.54, 1.807) is 0 Å². The van der Waals surface area contributed by atoms with E-state index < -0.39 is 17.8 Å². The predicted molar refractivity (Wildman–Crippen MR) is 60.1 cm³/mol.